The Balaban J connectivity index is 4.20. The van der Waals surface area contributed by atoms with E-state index in [4.69, 9.17) is 11.5 Å². The van der Waals surface area contributed by atoms with Gasteiger partial charge in [0, 0.05) is 12.1 Å². The largest absolute Gasteiger partial charge is 0.326 e. The zero-order valence-electron chi connectivity index (χ0n) is 10.0. The van der Waals surface area contributed by atoms with Crippen LogP contribution in [0.3, 0.4) is 0 Å². The second-order valence-corrected chi connectivity index (χ2v) is 6.32. The minimum Gasteiger partial charge on any atom is -0.326 e. The maximum absolute atomic E-state index is 6.08. The Morgan fingerprint density at radius 3 is 1.54 bits per heavy atom. The maximum Gasteiger partial charge on any atom is 0.0241 e. The SMILES string of the molecule is CC(C)(C)CC(N)C(N)C(C)(C)C. The monoisotopic (exact) mass is 186 g/mol. The molecule has 0 aromatic rings. The van der Waals surface area contributed by atoms with Crippen LogP contribution in [0.1, 0.15) is 48.0 Å². The van der Waals surface area contributed by atoms with E-state index in [0.29, 0.717) is 0 Å². The molecule has 0 bridgehead atoms. The van der Waals surface area contributed by atoms with Crippen LogP contribution in [0, 0.1) is 10.8 Å². The molecule has 0 fully saturated rings. The molecule has 2 atom stereocenters. The first-order valence-corrected chi connectivity index (χ1v) is 5.05. The molecule has 0 aliphatic rings. The van der Waals surface area contributed by atoms with Gasteiger partial charge in [-0.25, -0.2) is 0 Å². The van der Waals surface area contributed by atoms with Crippen molar-refractivity contribution in [1.29, 1.82) is 0 Å². The molecular weight excluding hydrogens is 160 g/mol. The van der Waals surface area contributed by atoms with Crippen molar-refractivity contribution in [1.82, 2.24) is 0 Å². The molecule has 2 nitrogen and oxygen atoms in total. The molecule has 0 amide bonds. The number of hydrogen-bond donors (Lipinski definition) is 2. The third-order valence-corrected chi connectivity index (χ3v) is 2.31. The molecule has 2 unspecified atom stereocenters. The van der Waals surface area contributed by atoms with Crippen molar-refractivity contribution < 1.29 is 0 Å². The Bertz CT molecular complexity index is 150. The molecule has 0 spiro atoms. The Morgan fingerprint density at radius 1 is 0.923 bits per heavy atom. The van der Waals surface area contributed by atoms with Gasteiger partial charge < -0.3 is 11.5 Å². The molecule has 0 aromatic heterocycles. The van der Waals surface area contributed by atoms with Crippen molar-refractivity contribution in [3.63, 3.8) is 0 Å². The molecule has 0 radical (unpaired) electrons. The van der Waals surface area contributed by atoms with Crippen LogP contribution in [0.25, 0.3) is 0 Å². The van der Waals surface area contributed by atoms with Crippen molar-refractivity contribution in [2.45, 2.75) is 60.0 Å². The zero-order valence-corrected chi connectivity index (χ0v) is 10.0. The van der Waals surface area contributed by atoms with Gasteiger partial charge in [-0.2, -0.15) is 0 Å². The second-order valence-electron chi connectivity index (χ2n) is 6.32. The van der Waals surface area contributed by atoms with E-state index in [9.17, 15) is 0 Å². The lowest BCUT2D eigenvalue weighted by Crippen LogP contribution is -2.51. The average molecular weight is 186 g/mol. The molecule has 13 heavy (non-hydrogen) atoms. The fourth-order valence-corrected chi connectivity index (χ4v) is 1.48. The van der Waals surface area contributed by atoms with Crippen LogP contribution in [-0.4, -0.2) is 12.1 Å². The van der Waals surface area contributed by atoms with Crippen molar-refractivity contribution in [3.05, 3.63) is 0 Å². The lowest BCUT2D eigenvalue weighted by atomic mass is 9.77. The number of hydrogen-bond acceptors (Lipinski definition) is 2. The highest BCUT2D eigenvalue weighted by Gasteiger charge is 2.29. The summed E-state index contributed by atoms with van der Waals surface area (Å²) in [5.41, 5.74) is 12.5. The summed E-state index contributed by atoms with van der Waals surface area (Å²) in [6.45, 7) is 13.0. The third kappa shape index (κ3) is 5.27. The highest BCUT2D eigenvalue weighted by Crippen LogP contribution is 2.26. The van der Waals surface area contributed by atoms with E-state index in [1.54, 1.807) is 0 Å². The predicted molar refractivity (Wildman–Crippen MR) is 59.5 cm³/mol. The van der Waals surface area contributed by atoms with Crippen LogP contribution in [-0.2, 0) is 0 Å². The number of nitrogens with two attached hydrogens (primary N) is 2. The van der Waals surface area contributed by atoms with E-state index in [1.807, 2.05) is 0 Å². The average Bonchev–Trinajstić information content (AvgIpc) is 1.79. The Kier molecular flexibility index (Phi) is 3.95. The molecule has 0 heterocycles. The standard InChI is InChI=1S/C11H26N2/c1-10(2,3)7-8(12)9(13)11(4,5)6/h8-9H,7,12-13H2,1-6H3. The van der Waals surface area contributed by atoms with E-state index in [1.165, 1.54) is 0 Å². The summed E-state index contributed by atoms with van der Waals surface area (Å²) in [7, 11) is 0. The minimum atomic E-state index is 0.0757. The molecule has 2 heteroatoms. The van der Waals surface area contributed by atoms with Gasteiger partial charge in [0.15, 0.2) is 0 Å². The van der Waals surface area contributed by atoms with E-state index >= 15 is 0 Å². The highest BCUT2D eigenvalue weighted by atomic mass is 14.8. The molecule has 0 rings (SSSR count). The highest BCUT2D eigenvalue weighted by molar-refractivity contribution is 4.88. The molecular formula is C11H26N2. The number of rotatable bonds is 2. The summed E-state index contributed by atoms with van der Waals surface area (Å²) in [6, 6.07) is 0.173. The Labute approximate surface area is 83.1 Å². The van der Waals surface area contributed by atoms with Gasteiger partial charge in [0.05, 0.1) is 0 Å². The third-order valence-electron chi connectivity index (χ3n) is 2.31. The molecule has 4 N–H and O–H groups in total. The molecule has 0 aromatic carbocycles. The lowest BCUT2D eigenvalue weighted by Gasteiger charge is -2.35. The summed E-state index contributed by atoms with van der Waals surface area (Å²) in [5, 5.41) is 0. The van der Waals surface area contributed by atoms with Crippen LogP contribution in [0.5, 0.6) is 0 Å². The maximum atomic E-state index is 6.08. The van der Waals surface area contributed by atoms with Gasteiger partial charge in [-0.15, -0.1) is 0 Å². The topological polar surface area (TPSA) is 52.0 Å². The van der Waals surface area contributed by atoms with Crippen LogP contribution in [0.2, 0.25) is 0 Å². The summed E-state index contributed by atoms with van der Waals surface area (Å²) in [5.74, 6) is 0. The zero-order chi connectivity index (χ0) is 10.9. The van der Waals surface area contributed by atoms with Gasteiger partial charge in [0.1, 0.15) is 0 Å². The minimum absolute atomic E-state index is 0.0757. The fraction of sp³-hybridized carbons (Fsp3) is 1.00. The summed E-state index contributed by atoms with van der Waals surface area (Å²) in [6.07, 6.45) is 0.978. The van der Waals surface area contributed by atoms with Gasteiger partial charge in [-0.1, -0.05) is 41.5 Å². The summed E-state index contributed by atoms with van der Waals surface area (Å²) >= 11 is 0. The van der Waals surface area contributed by atoms with Gasteiger partial charge in [-0.3, -0.25) is 0 Å². The first kappa shape index (κ1) is 12.9. The normalized spacial score (nSPS) is 18.5. The van der Waals surface area contributed by atoms with Gasteiger partial charge in [-0.05, 0) is 17.3 Å². The summed E-state index contributed by atoms with van der Waals surface area (Å²) < 4.78 is 0. The van der Waals surface area contributed by atoms with Crippen molar-refractivity contribution >= 4 is 0 Å². The van der Waals surface area contributed by atoms with E-state index in [-0.39, 0.29) is 22.9 Å². The van der Waals surface area contributed by atoms with Crippen LogP contribution in [0.15, 0.2) is 0 Å². The Hall–Kier alpha value is -0.0800. The first-order chi connectivity index (χ1) is 5.54. The molecule has 80 valence electrons. The summed E-state index contributed by atoms with van der Waals surface area (Å²) in [4.78, 5) is 0. The van der Waals surface area contributed by atoms with Gasteiger partial charge in [0.2, 0.25) is 0 Å². The Morgan fingerprint density at radius 2 is 1.31 bits per heavy atom. The molecule has 0 saturated heterocycles. The van der Waals surface area contributed by atoms with E-state index < -0.39 is 0 Å². The quantitative estimate of drug-likeness (QED) is 0.694. The van der Waals surface area contributed by atoms with E-state index in [0.717, 1.165) is 6.42 Å². The van der Waals surface area contributed by atoms with Crippen molar-refractivity contribution in [2.75, 3.05) is 0 Å². The second kappa shape index (κ2) is 3.97. The lowest BCUT2D eigenvalue weighted by molar-refractivity contribution is 0.231. The van der Waals surface area contributed by atoms with Crippen molar-refractivity contribution in [2.24, 2.45) is 22.3 Å². The molecule has 0 aliphatic carbocycles. The van der Waals surface area contributed by atoms with Gasteiger partial charge in [0.25, 0.3) is 0 Å². The van der Waals surface area contributed by atoms with Gasteiger partial charge >= 0.3 is 0 Å². The first-order valence-electron chi connectivity index (χ1n) is 5.05. The van der Waals surface area contributed by atoms with Crippen LogP contribution < -0.4 is 11.5 Å². The smallest absolute Gasteiger partial charge is 0.0241 e. The van der Waals surface area contributed by atoms with E-state index in [2.05, 4.69) is 41.5 Å². The fourth-order valence-electron chi connectivity index (χ4n) is 1.48. The molecule has 0 saturated carbocycles. The predicted octanol–water partition coefficient (Wildman–Crippen LogP) is 2.12. The van der Waals surface area contributed by atoms with Crippen LogP contribution in [0.4, 0.5) is 0 Å². The van der Waals surface area contributed by atoms with Crippen LogP contribution >= 0.6 is 0 Å². The van der Waals surface area contributed by atoms with Crippen molar-refractivity contribution in [3.8, 4) is 0 Å². The molecule has 0 aliphatic heterocycles.